The number of nitrogens with zero attached hydrogens (tertiary/aromatic N) is 2. The molecule has 1 atom stereocenters. The third-order valence-corrected chi connectivity index (χ3v) is 6.40. The summed E-state index contributed by atoms with van der Waals surface area (Å²) < 4.78 is 12.8. The molecule has 0 aliphatic rings. The van der Waals surface area contributed by atoms with E-state index in [2.05, 4.69) is 19.1 Å². The number of esters is 1. The molecule has 4 aromatic rings. The molecule has 0 spiro atoms. The molecule has 0 aliphatic carbocycles. The summed E-state index contributed by atoms with van der Waals surface area (Å²) >= 11 is 1.72. The normalized spacial score (nSPS) is 11.8. The molecule has 0 aliphatic heterocycles. The summed E-state index contributed by atoms with van der Waals surface area (Å²) in [4.78, 5) is 18.2. The number of methoxy groups -OCH3 is 1. The maximum Gasteiger partial charge on any atom is 0.329 e. The van der Waals surface area contributed by atoms with E-state index in [1.54, 1.807) is 11.3 Å². The molecule has 164 valence electrons. The van der Waals surface area contributed by atoms with Gasteiger partial charge in [-0.25, -0.2) is 9.78 Å². The molecule has 0 saturated heterocycles. The van der Waals surface area contributed by atoms with E-state index < -0.39 is 0 Å². The van der Waals surface area contributed by atoms with Gasteiger partial charge in [-0.2, -0.15) is 0 Å². The topological polar surface area (TPSA) is 53.4 Å². The highest BCUT2D eigenvalue weighted by Gasteiger charge is 2.20. The highest BCUT2D eigenvalue weighted by Crippen LogP contribution is 2.28. The number of hydrogen-bond donors (Lipinski definition) is 0. The standard InChI is InChI=1S/C26H26N2O3S/c1-19-23(27-25(32-19)21-8-4-3-5-9-21)14-17-31-22-12-10-20(11-13-22)18-24(26(29)30-2)28-15-6-7-16-28/h3-13,15-16,24H,14,17-18H2,1-2H3/t24-/m0/s1. The van der Waals surface area contributed by atoms with E-state index in [0.29, 0.717) is 13.0 Å². The van der Waals surface area contributed by atoms with Gasteiger partial charge < -0.3 is 14.0 Å². The number of carbonyl (C=O) groups excluding carboxylic acids is 1. The highest BCUT2D eigenvalue weighted by molar-refractivity contribution is 7.15. The van der Waals surface area contributed by atoms with Crippen LogP contribution in [0.2, 0.25) is 0 Å². The summed E-state index contributed by atoms with van der Waals surface area (Å²) in [6.45, 7) is 2.67. The van der Waals surface area contributed by atoms with Crippen molar-refractivity contribution in [3.05, 3.63) is 95.3 Å². The summed E-state index contributed by atoms with van der Waals surface area (Å²) in [7, 11) is 1.42. The second-order valence-corrected chi connectivity index (χ2v) is 8.71. The van der Waals surface area contributed by atoms with Crippen molar-refractivity contribution < 1.29 is 14.3 Å². The smallest absolute Gasteiger partial charge is 0.329 e. The first kappa shape index (κ1) is 21.8. The third kappa shape index (κ3) is 5.26. The van der Waals surface area contributed by atoms with Crippen LogP contribution in [0.25, 0.3) is 10.6 Å². The summed E-state index contributed by atoms with van der Waals surface area (Å²) in [5, 5.41) is 1.05. The molecule has 0 fully saturated rings. The van der Waals surface area contributed by atoms with Crippen LogP contribution in [0.15, 0.2) is 79.1 Å². The van der Waals surface area contributed by atoms with E-state index in [-0.39, 0.29) is 12.0 Å². The van der Waals surface area contributed by atoms with Gasteiger partial charge in [0.15, 0.2) is 0 Å². The Morgan fingerprint density at radius 2 is 1.75 bits per heavy atom. The highest BCUT2D eigenvalue weighted by atomic mass is 32.1. The number of benzene rings is 2. The Labute approximate surface area is 192 Å². The van der Waals surface area contributed by atoms with Gasteiger partial charge in [-0.05, 0) is 36.8 Å². The van der Waals surface area contributed by atoms with E-state index in [9.17, 15) is 4.79 Å². The Balaban J connectivity index is 1.33. The molecule has 2 aromatic carbocycles. The number of ether oxygens (including phenoxy) is 2. The average Bonchev–Trinajstić information content (AvgIpc) is 3.49. The number of thiazole rings is 1. The molecule has 6 heteroatoms. The van der Waals surface area contributed by atoms with Crippen molar-refractivity contribution in [3.63, 3.8) is 0 Å². The zero-order valence-corrected chi connectivity index (χ0v) is 19.0. The number of hydrogen-bond acceptors (Lipinski definition) is 5. The molecular formula is C26H26N2O3S. The monoisotopic (exact) mass is 446 g/mol. The fraction of sp³-hybridized carbons (Fsp3) is 0.231. The van der Waals surface area contributed by atoms with Gasteiger partial charge in [0, 0.05) is 35.7 Å². The molecule has 2 aromatic heterocycles. The Kier molecular flexibility index (Phi) is 7.02. The van der Waals surface area contributed by atoms with Crippen LogP contribution in [-0.2, 0) is 22.4 Å². The van der Waals surface area contributed by atoms with Gasteiger partial charge in [-0.3, -0.25) is 0 Å². The second kappa shape index (κ2) is 10.3. The Morgan fingerprint density at radius 1 is 1.03 bits per heavy atom. The minimum absolute atomic E-state index is 0.255. The SMILES string of the molecule is COC(=O)[C@H](Cc1ccc(OCCc2nc(-c3ccccc3)sc2C)cc1)n1cccc1. The predicted molar refractivity (Wildman–Crippen MR) is 127 cm³/mol. The summed E-state index contributed by atoms with van der Waals surface area (Å²) in [5.74, 6) is 0.551. The van der Waals surface area contributed by atoms with Gasteiger partial charge >= 0.3 is 5.97 Å². The van der Waals surface area contributed by atoms with E-state index in [1.165, 1.54) is 12.0 Å². The van der Waals surface area contributed by atoms with Crippen molar-refractivity contribution in [3.8, 4) is 16.3 Å². The minimum Gasteiger partial charge on any atom is -0.493 e. The zero-order chi connectivity index (χ0) is 22.3. The van der Waals surface area contributed by atoms with Crippen LogP contribution < -0.4 is 4.74 Å². The van der Waals surface area contributed by atoms with Gasteiger partial charge in [-0.15, -0.1) is 11.3 Å². The van der Waals surface area contributed by atoms with Crippen molar-refractivity contribution in [2.45, 2.75) is 25.8 Å². The molecule has 5 nitrogen and oxygen atoms in total. The van der Waals surface area contributed by atoms with E-state index in [1.807, 2.05) is 71.6 Å². The van der Waals surface area contributed by atoms with Gasteiger partial charge in [0.25, 0.3) is 0 Å². The maximum absolute atomic E-state index is 12.2. The molecule has 0 saturated carbocycles. The number of carbonyl (C=O) groups is 1. The Morgan fingerprint density at radius 3 is 2.44 bits per heavy atom. The van der Waals surface area contributed by atoms with Gasteiger partial charge in [0.05, 0.1) is 19.4 Å². The van der Waals surface area contributed by atoms with Crippen LogP contribution in [-0.4, -0.2) is 29.2 Å². The van der Waals surface area contributed by atoms with Crippen molar-refractivity contribution >= 4 is 17.3 Å². The molecule has 0 radical (unpaired) electrons. The minimum atomic E-state index is -0.381. The third-order valence-electron chi connectivity index (χ3n) is 5.33. The van der Waals surface area contributed by atoms with Crippen LogP contribution in [0.5, 0.6) is 5.75 Å². The fourth-order valence-electron chi connectivity index (χ4n) is 3.58. The molecule has 0 unspecified atom stereocenters. The van der Waals surface area contributed by atoms with Crippen molar-refractivity contribution in [2.24, 2.45) is 0 Å². The summed E-state index contributed by atoms with van der Waals surface area (Å²) in [6.07, 6.45) is 5.07. The molecule has 32 heavy (non-hydrogen) atoms. The first-order valence-corrected chi connectivity index (χ1v) is 11.4. The molecule has 0 N–H and O–H groups in total. The van der Waals surface area contributed by atoms with Crippen molar-refractivity contribution in [2.75, 3.05) is 13.7 Å². The fourth-order valence-corrected chi connectivity index (χ4v) is 4.54. The van der Waals surface area contributed by atoms with E-state index >= 15 is 0 Å². The van der Waals surface area contributed by atoms with Gasteiger partial charge in [0.1, 0.15) is 16.8 Å². The molecular weight excluding hydrogens is 420 g/mol. The van der Waals surface area contributed by atoms with Crippen LogP contribution in [0.3, 0.4) is 0 Å². The number of rotatable bonds is 9. The van der Waals surface area contributed by atoms with Gasteiger partial charge in [-0.1, -0.05) is 42.5 Å². The van der Waals surface area contributed by atoms with Crippen molar-refractivity contribution in [1.29, 1.82) is 0 Å². The zero-order valence-electron chi connectivity index (χ0n) is 18.2. The molecule has 0 amide bonds. The Hall–Kier alpha value is -3.38. The van der Waals surface area contributed by atoms with Crippen molar-refractivity contribution in [1.82, 2.24) is 9.55 Å². The van der Waals surface area contributed by atoms with Crippen LogP contribution in [0.1, 0.15) is 22.2 Å². The number of aromatic nitrogens is 2. The second-order valence-electron chi connectivity index (χ2n) is 7.50. The molecule has 0 bridgehead atoms. The first-order valence-electron chi connectivity index (χ1n) is 10.6. The lowest BCUT2D eigenvalue weighted by Crippen LogP contribution is -2.22. The molecule has 4 rings (SSSR count). The lowest BCUT2D eigenvalue weighted by molar-refractivity contribution is -0.144. The van der Waals surface area contributed by atoms with Crippen LogP contribution in [0.4, 0.5) is 0 Å². The Bertz CT molecular complexity index is 1140. The lowest BCUT2D eigenvalue weighted by atomic mass is 10.1. The quantitative estimate of drug-likeness (QED) is 0.319. The maximum atomic E-state index is 12.2. The van der Waals surface area contributed by atoms with E-state index in [4.69, 9.17) is 14.5 Å². The summed E-state index contributed by atoms with van der Waals surface area (Å²) in [5.41, 5.74) is 3.27. The van der Waals surface area contributed by atoms with Crippen LogP contribution in [0, 0.1) is 6.92 Å². The average molecular weight is 447 g/mol. The number of aryl methyl sites for hydroxylation is 1. The van der Waals surface area contributed by atoms with E-state index in [0.717, 1.165) is 34.0 Å². The largest absolute Gasteiger partial charge is 0.493 e. The molecule has 2 heterocycles. The first-order chi connectivity index (χ1) is 15.6. The lowest BCUT2D eigenvalue weighted by Gasteiger charge is -2.17. The summed E-state index contributed by atoms with van der Waals surface area (Å²) in [6, 6.07) is 21.6. The van der Waals surface area contributed by atoms with Gasteiger partial charge in [0.2, 0.25) is 0 Å². The van der Waals surface area contributed by atoms with Crippen LogP contribution >= 0.6 is 11.3 Å². The predicted octanol–water partition coefficient (Wildman–Crippen LogP) is 5.50.